The van der Waals surface area contributed by atoms with Crippen molar-refractivity contribution in [3.8, 4) is 0 Å². The van der Waals surface area contributed by atoms with Crippen molar-refractivity contribution in [1.29, 1.82) is 0 Å². The summed E-state index contributed by atoms with van der Waals surface area (Å²) in [4.78, 5) is 37.5. The van der Waals surface area contributed by atoms with Gasteiger partial charge in [0.15, 0.2) is 5.65 Å². The fourth-order valence-corrected chi connectivity index (χ4v) is 5.56. The number of methoxy groups -OCH3 is 1. The van der Waals surface area contributed by atoms with Gasteiger partial charge in [0.1, 0.15) is 24.7 Å². The van der Waals surface area contributed by atoms with Crippen LogP contribution in [0.5, 0.6) is 0 Å². The number of hydrogen-bond acceptors (Lipinski definition) is 8. The Morgan fingerprint density at radius 3 is 2.65 bits per heavy atom. The largest absolute Gasteiger partial charge is 0.445 e. The number of benzene rings is 1. The third-order valence-electron chi connectivity index (χ3n) is 7.35. The number of anilines is 1. The summed E-state index contributed by atoms with van der Waals surface area (Å²) in [5.74, 6) is 1.28. The molecule has 2 aromatic heterocycles. The molecule has 1 aliphatic heterocycles. The smallest absolute Gasteiger partial charge is 0.410 e. The molecule has 1 fully saturated rings. The van der Waals surface area contributed by atoms with Crippen LogP contribution in [-0.4, -0.2) is 101 Å². The van der Waals surface area contributed by atoms with Crippen LogP contribution in [0.25, 0.3) is 11.2 Å². The lowest BCUT2D eigenvalue weighted by Crippen LogP contribution is -2.49. The highest BCUT2D eigenvalue weighted by molar-refractivity contribution is 8.32. The maximum Gasteiger partial charge on any atom is 0.410 e. The molecule has 3 aromatic rings. The summed E-state index contributed by atoms with van der Waals surface area (Å²) < 4.78 is 18.6. The molecule has 0 radical (unpaired) electrons. The zero-order valence-corrected chi connectivity index (χ0v) is 27.0. The van der Waals surface area contributed by atoms with Gasteiger partial charge >= 0.3 is 6.09 Å². The molecule has 1 saturated heterocycles. The van der Waals surface area contributed by atoms with Gasteiger partial charge in [-0.2, -0.15) is 0 Å². The number of ether oxygens (including phenoxy) is 3. The summed E-state index contributed by atoms with van der Waals surface area (Å²) in [5.41, 5.74) is 2.42. The first-order valence-corrected chi connectivity index (χ1v) is 17.7. The summed E-state index contributed by atoms with van der Waals surface area (Å²) in [6.45, 7) is 5.92. The number of piperidine rings is 1. The zero-order valence-electron chi connectivity index (χ0n) is 26.2. The number of nitrogens with one attached hydrogen (secondary N) is 2. The molecule has 12 heteroatoms. The summed E-state index contributed by atoms with van der Waals surface area (Å²) in [6, 6.07) is 9.50. The lowest BCUT2D eigenvalue weighted by molar-refractivity contribution is 0.0695. The first kappa shape index (κ1) is 32.6. The Morgan fingerprint density at radius 1 is 1.16 bits per heavy atom. The highest BCUT2D eigenvalue weighted by Gasteiger charge is 2.30. The Bertz CT molecular complexity index is 1360. The maximum atomic E-state index is 13.3. The number of fused-ring (bicyclic) bond motifs is 1. The average Bonchev–Trinajstić information content (AvgIpc) is 3.33. The molecular formula is C31H46N6O5S. The summed E-state index contributed by atoms with van der Waals surface area (Å²) in [6.07, 6.45) is 11.5. The van der Waals surface area contributed by atoms with Gasteiger partial charge in [-0.15, -0.1) is 0 Å². The molecule has 3 heterocycles. The molecule has 3 atom stereocenters. The second kappa shape index (κ2) is 14.9. The molecule has 1 aromatic carbocycles. The number of rotatable bonds is 13. The predicted octanol–water partition coefficient (Wildman–Crippen LogP) is 4.47. The van der Waals surface area contributed by atoms with E-state index in [4.69, 9.17) is 19.2 Å². The number of carbonyl (C=O) groups excluding carboxylic acids is 2. The topological polar surface area (TPSA) is 120 Å². The molecule has 2 N–H and O–H groups in total. The quantitative estimate of drug-likeness (QED) is 0.271. The van der Waals surface area contributed by atoms with Crippen LogP contribution in [0, 0.1) is 0 Å². The number of likely N-dealkylation sites (tertiary alicyclic amines) is 1. The molecule has 0 unspecified atom stereocenters. The number of carbonyl (C=O) groups is 2. The van der Waals surface area contributed by atoms with E-state index in [2.05, 4.69) is 34.4 Å². The SMILES string of the molecule is COC[C@@H](C)NC(=O)c1cn(COCCS(C)(C)C)c2ncc(N[C@H]3CC[C@@H](C)N(C(=O)OCc4ccccc4)C3)nc12. The van der Waals surface area contributed by atoms with Crippen LogP contribution in [0.15, 0.2) is 42.7 Å². The van der Waals surface area contributed by atoms with Gasteiger partial charge < -0.3 is 34.3 Å². The van der Waals surface area contributed by atoms with E-state index < -0.39 is 10.0 Å². The van der Waals surface area contributed by atoms with Crippen molar-refractivity contribution in [2.45, 2.75) is 58.2 Å². The van der Waals surface area contributed by atoms with Gasteiger partial charge in [-0.3, -0.25) is 4.79 Å². The minimum absolute atomic E-state index is 0.0449. The lowest BCUT2D eigenvalue weighted by atomic mass is 10.00. The van der Waals surface area contributed by atoms with Crippen molar-refractivity contribution in [2.24, 2.45) is 0 Å². The molecule has 0 bridgehead atoms. The van der Waals surface area contributed by atoms with Gasteiger partial charge in [0.25, 0.3) is 5.91 Å². The van der Waals surface area contributed by atoms with Crippen LogP contribution in [0.2, 0.25) is 0 Å². The molecule has 43 heavy (non-hydrogen) atoms. The molecule has 0 saturated carbocycles. The maximum absolute atomic E-state index is 13.3. The summed E-state index contributed by atoms with van der Waals surface area (Å²) in [5, 5.41) is 6.42. The van der Waals surface area contributed by atoms with Crippen LogP contribution in [0.3, 0.4) is 0 Å². The first-order chi connectivity index (χ1) is 20.5. The van der Waals surface area contributed by atoms with Crippen LogP contribution < -0.4 is 10.6 Å². The Labute approximate surface area is 256 Å². The minimum atomic E-state index is -0.676. The van der Waals surface area contributed by atoms with Gasteiger partial charge in [-0.1, -0.05) is 30.3 Å². The Morgan fingerprint density at radius 2 is 1.93 bits per heavy atom. The van der Waals surface area contributed by atoms with Gasteiger partial charge in [-0.25, -0.2) is 24.8 Å². The van der Waals surface area contributed by atoms with E-state index in [9.17, 15) is 9.59 Å². The van der Waals surface area contributed by atoms with Crippen LogP contribution in [0.1, 0.15) is 42.6 Å². The Balaban J connectivity index is 1.48. The van der Waals surface area contributed by atoms with E-state index >= 15 is 0 Å². The fraction of sp³-hybridized carbons (Fsp3) is 0.548. The van der Waals surface area contributed by atoms with Gasteiger partial charge in [0, 0.05) is 43.7 Å². The second-order valence-electron chi connectivity index (χ2n) is 12.1. The Hall–Kier alpha value is -3.35. The van der Waals surface area contributed by atoms with E-state index in [0.29, 0.717) is 42.3 Å². The normalized spacial score (nSPS) is 18.3. The average molecular weight is 615 g/mol. The molecular weight excluding hydrogens is 568 g/mol. The van der Waals surface area contributed by atoms with Crippen LogP contribution in [-0.2, 0) is 27.5 Å². The van der Waals surface area contributed by atoms with E-state index in [1.54, 1.807) is 24.4 Å². The fourth-order valence-electron chi connectivity index (χ4n) is 4.94. The summed E-state index contributed by atoms with van der Waals surface area (Å²) in [7, 11) is 0.926. The van der Waals surface area contributed by atoms with Crippen LogP contribution in [0.4, 0.5) is 10.6 Å². The van der Waals surface area contributed by atoms with Gasteiger partial charge in [0.05, 0.1) is 25.0 Å². The first-order valence-electron chi connectivity index (χ1n) is 14.7. The molecule has 4 rings (SSSR count). The van der Waals surface area contributed by atoms with Gasteiger partial charge in [0.2, 0.25) is 0 Å². The number of amides is 2. The third kappa shape index (κ3) is 9.32. The molecule has 0 aliphatic carbocycles. The molecule has 236 valence electrons. The number of aromatic nitrogens is 3. The van der Waals surface area contributed by atoms with Crippen molar-refractivity contribution >= 4 is 39.0 Å². The van der Waals surface area contributed by atoms with Crippen molar-refractivity contribution in [1.82, 2.24) is 24.8 Å². The van der Waals surface area contributed by atoms with Crippen molar-refractivity contribution in [3.63, 3.8) is 0 Å². The lowest BCUT2D eigenvalue weighted by Gasteiger charge is -2.37. The second-order valence-corrected chi connectivity index (χ2v) is 16.7. The highest BCUT2D eigenvalue weighted by atomic mass is 32.3. The third-order valence-corrected chi connectivity index (χ3v) is 8.74. The van der Waals surface area contributed by atoms with Crippen LogP contribution >= 0.6 is 10.0 Å². The molecule has 0 spiro atoms. The molecule has 1 aliphatic rings. The van der Waals surface area contributed by atoms with E-state index in [0.717, 1.165) is 24.2 Å². The summed E-state index contributed by atoms with van der Waals surface area (Å²) >= 11 is 0. The molecule has 11 nitrogen and oxygen atoms in total. The monoisotopic (exact) mass is 614 g/mol. The number of hydrogen-bond donors (Lipinski definition) is 2. The van der Waals surface area contributed by atoms with E-state index in [1.165, 1.54) is 0 Å². The van der Waals surface area contributed by atoms with Crippen molar-refractivity contribution in [3.05, 3.63) is 53.9 Å². The van der Waals surface area contributed by atoms with E-state index in [1.807, 2.05) is 48.7 Å². The minimum Gasteiger partial charge on any atom is -0.445 e. The number of nitrogens with zero attached hydrogens (tertiary/aromatic N) is 4. The van der Waals surface area contributed by atoms with Crippen molar-refractivity contribution in [2.75, 3.05) is 56.7 Å². The molecule has 2 amide bonds. The van der Waals surface area contributed by atoms with Gasteiger partial charge in [-0.05, 0) is 51.0 Å². The Kier molecular flexibility index (Phi) is 11.3. The predicted molar refractivity (Wildman–Crippen MR) is 172 cm³/mol. The zero-order chi connectivity index (χ0) is 31.0. The highest BCUT2D eigenvalue weighted by Crippen LogP contribution is 2.33. The van der Waals surface area contributed by atoms with E-state index in [-0.39, 0.29) is 43.5 Å². The standard InChI is InChI=1S/C31H46N6O5S/c1-22(19-40-3)33-30(38)26-18-36(21-41-14-15-43(4,5)6)29-28(26)35-27(16-32-29)34-25-13-12-23(2)37(17-25)31(39)42-20-24-10-8-7-9-11-24/h7-11,16,18,22-23,25H,12-15,17,19-21H2,1-6H3,(H,33,38)(H,34,35)/t22-,23-,25+/m1/s1. The van der Waals surface area contributed by atoms with Crippen molar-refractivity contribution < 1.29 is 23.8 Å².